The largest absolute Gasteiger partial charge is 0.416 e. The van der Waals surface area contributed by atoms with Crippen molar-refractivity contribution >= 4 is 16.1 Å². The van der Waals surface area contributed by atoms with Crippen LogP contribution >= 0.6 is 0 Å². The highest BCUT2D eigenvalue weighted by molar-refractivity contribution is 7.91. The maximum absolute atomic E-state index is 12.5. The van der Waals surface area contributed by atoms with Gasteiger partial charge in [0.15, 0.2) is 9.84 Å². The van der Waals surface area contributed by atoms with Crippen molar-refractivity contribution in [2.24, 2.45) is 5.92 Å². The molecule has 0 aliphatic carbocycles. The molecule has 1 fully saturated rings. The molecular weight excluding hydrogens is 305 g/mol. The summed E-state index contributed by atoms with van der Waals surface area (Å²) in [4.78, 5) is 11.3. The molecule has 0 spiro atoms. The van der Waals surface area contributed by atoms with E-state index < -0.39 is 27.5 Å². The van der Waals surface area contributed by atoms with Gasteiger partial charge in [-0.15, -0.1) is 0 Å². The van der Waals surface area contributed by atoms with Gasteiger partial charge in [-0.1, -0.05) is 12.1 Å². The molecule has 1 aliphatic heterocycles. The molecular formula is C14H15F3O3S. The normalized spacial score (nSPS) is 23.5. The van der Waals surface area contributed by atoms with Crippen molar-refractivity contribution in [3.05, 3.63) is 35.4 Å². The van der Waals surface area contributed by atoms with Crippen LogP contribution in [-0.2, 0) is 20.8 Å². The number of carbonyl (C=O) groups is 1. The lowest BCUT2D eigenvalue weighted by molar-refractivity contribution is -0.137. The van der Waals surface area contributed by atoms with E-state index in [1.54, 1.807) is 0 Å². The Bertz CT molecular complexity index is 605. The smallest absolute Gasteiger partial charge is 0.303 e. The molecule has 7 heteroatoms. The number of hydrogen-bond donors (Lipinski definition) is 0. The fraction of sp³-hybridized carbons (Fsp3) is 0.500. The van der Waals surface area contributed by atoms with Crippen LogP contribution in [0.25, 0.3) is 0 Å². The SMILES string of the molecule is O=CC(c1ccc(C(F)(F)F)cc1)C1CCCS(=O)(=O)C1. The fourth-order valence-electron chi connectivity index (χ4n) is 2.70. The quantitative estimate of drug-likeness (QED) is 0.805. The molecule has 1 aliphatic rings. The topological polar surface area (TPSA) is 51.2 Å². The summed E-state index contributed by atoms with van der Waals surface area (Å²) in [5.74, 6) is -1.01. The van der Waals surface area contributed by atoms with E-state index in [1.165, 1.54) is 12.1 Å². The maximum Gasteiger partial charge on any atom is 0.416 e. The zero-order chi connectivity index (χ0) is 15.7. The molecule has 1 heterocycles. The molecule has 0 saturated carbocycles. The van der Waals surface area contributed by atoms with Crippen LogP contribution in [-0.4, -0.2) is 26.2 Å². The van der Waals surface area contributed by atoms with Crippen molar-refractivity contribution < 1.29 is 26.4 Å². The van der Waals surface area contributed by atoms with Crippen LogP contribution in [0.2, 0.25) is 0 Å². The first-order valence-corrected chi connectivity index (χ1v) is 8.38. The molecule has 1 aromatic rings. The molecule has 116 valence electrons. The molecule has 0 amide bonds. The van der Waals surface area contributed by atoms with E-state index in [1.807, 2.05) is 0 Å². The first-order chi connectivity index (χ1) is 9.73. The number of aldehydes is 1. The average Bonchev–Trinajstić information content (AvgIpc) is 2.38. The number of rotatable bonds is 3. The number of carbonyl (C=O) groups excluding carboxylic acids is 1. The standard InChI is InChI=1S/C14H15F3O3S/c15-14(16,17)12-5-3-10(4-6-12)13(8-18)11-2-1-7-21(19,20)9-11/h3-6,8,11,13H,1-2,7,9H2. The number of sulfone groups is 1. The lowest BCUT2D eigenvalue weighted by atomic mass is 9.85. The van der Waals surface area contributed by atoms with Crippen LogP contribution in [0.4, 0.5) is 13.2 Å². The van der Waals surface area contributed by atoms with Gasteiger partial charge in [0.05, 0.1) is 17.1 Å². The van der Waals surface area contributed by atoms with Gasteiger partial charge in [0, 0.05) is 5.92 Å². The summed E-state index contributed by atoms with van der Waals surface area (Å²) < 4.78 is 60.8. The van der Waals surface area contributed by atoms with E-state index >= 15 is 0 Å². The molecule has 21 heavy (non-hydrogen) atoms. The van der Waals surface area contributed by atoms with Gasteiger partial charge in [0.1, 0.15) is 6.29 Å². The van der Waals surface area contributed by atoms with E-state index in [9.17, 15) is 26.4 Å². The van der Waals surface area contributed by atoms with Crippen molar-refractivity contribution in [3.8, 4) is 0 Å². The predicted octanol–water partition coefficient (Wildman–Crippen LogP) is 2.81. The van der Waals surface area contributed by atoms with Gasteiger partial charge in [-0.2, -0.15) is 13.2 Å². The van der Waals surface area contributed by atoms with Crippen molar-refractivity contribution in [2.75, 3.05) is 11.5 Å². The molecule has 2 atom stereocenters. The molecule has 0 bridgehead atoms. The Morgan fingerprint density at radius 2 is 1.81 bits per heavy atom. The van der Waals surface area contributed by atoms with E-state index in [2.05, 4.69) is 0 Å². The molecule has 3 nitrogen and oxygen atoms in total. The first-order valence-electron chi connectivity index (χ1n) is 6.56. The first kappa shape index (κ1) is 16.0. The lowest BCUT2D eigenvalue weighted by Crippen LogP contribution is -2.30. The van der Waals surface area contributed by atoms with Crippen molar-refractivity contribution in [2.45, 2.75) is 24.9 Å². The zero-order valence-corrected chi connectivity index (χ0v) is 12.0. The van der Waals surface area contributed by atoms with Gasteiger partial charge in [0.25, 0.3) is 0 Å². The summed E-state index contributed by atoms with van der Waals surface area (Å²) in [6.07, 6.45) is -2.72. The predicted molar refractivity (Wildman–Crippen MR) is 71.6 cm³/mol. The number of alkyl halides is 3. The Kier molecular flexibility index (Phi) is 4.41. The van der Waals surface area contributed by atoms with E-state index in [-0.39, 0.29) is 17.4 Å². The van der Waals surface area contributed by atoms with Gasteiger partial charge in [-0.05, 0) is 36.5 Å². The number of halogens is 3. The number of benzene rings is 1. The van der Waals surface area contributed by atoms with Crippen LogP contribution in [0.5, 0.6) is 0 Å². The third kappa shape index (κ3) is 3.84. The minimum absolute atomic E-state index is 0.0859. The molecule has 0 aromatic heterocycles. The monoisotopic (exact) mass is 320 g/mol. The third-order valence-corrected chi connectivity index (χ3v) is 5.62. The van der Waals surface area contributed by atoms with Crippen LogP contribution in [0.15, 0.2) is 24.3 Å². The van der Waals surface area contributed by atoms with Gasteiger partial charge >= 0.3 is 6.18 Å². The molecule has 2 unspecified atom stereocenters. The second-order valence-corrected chi connectivity index (χ2v) is 7.53. The van der Waals surface area contributed by atoms with E-state index in [0.29, 0.717) is 24.7 Å². The summed E-state index contributed by atoms with van der Waals surface area (Å²) in [5.41, 5.74) is -0.354. The van der Waals surface area contributed by atoms with Crippen LogP contribution < -0.4 is 0 Å². The summed E-state index contributed by atoms with van der Waals surface area (Å²) >= 11 is 0. The Hall–Kier alpha value is -1.37. The Morgan fingerprint density at radius 3 is 2.29 bits per heavy atom. The van der Waals surface area contributed by atoms with Crippen molar-refractivity contribution in [1.29, 1.82) is 0 Å². The van der Waals surface area contributed by atoms with E-state index in [0.717, 1.165) is 12.1 Å². The van der Waals surface area contributed by atoms with Gasteiger partial charge < -0.3 is 4.79 Å². The summed E-state index contributed by atoms with van der Waals surface area (Å²) in [6.45, 7) is 0. The zero-order valence-electron chi connectivity index (χ0n) is 11.1. The molecule has 1 aromatic carbocycles. The van der Waals surface area contributed by atoms with Crippen molar-refractivity contribution in [3.63, 3.8) is 0 Å². The highest BCUT2D eigenvalue weighted by atomic mass is 32.2. The molecule has 1 saturated heterocycles. The van der Waals surface area contributed by atoms with Gasteiger partial charge in [-0.25, -0.2) is 8.42 Å². The highest BCUT2D eigenvalue weighted by Gasteiger charge is 2.33. The van der Waals surface area contributed by atoms with E-state index in [4.69, 9.17) is 0 Å². The molecule has 0 radical (unpaired) electrons. The number of hydrogen-bond acceptors (Lipinski definition) is 3. The molecule has 0 N–H and O–H groups in total. The summed E-state index contributed by atoms with van der Waals surface area (Å²) in [7, 11) is -3.17. The van der Waals surface area contributed by atoms with Crippen molar-refractivity contribution in [1.82, 2.24) is 0 Å². The van der Waals surface area contributed by atoms with Crippen LogP contribution in [0.3, 0.4) is 0 Å². The summed E-state index contributed by atoms with van der Waals surface area (Å²) in [5, 5.41) is 0. The highest BCUT2D eigenvalue weighted by Crippen LogP contribution is 2.34. The molecule has 2 rings (SSSR count). The van der Waals surface area contributed by atoms with Crippen LogP contribution in [0.1, 0.15) is 29.9 Å². The third-order valence-electron chi connectivity index (χ3n) is 3.78. The second-order valence-electron chi connectivity index (χ2n) is 5.30. The minimum Gasteiger partial charge on any atom is -0.303 e. The minimum atomic E-state index is -4.43. The Labute approximate surface area is 121 Å². The Morgan fingerprint density at radius 1 is 1.19 bits per heavy atom. The van der Waals surface area contributed by atoms with Crippen LogP contribution in [0, 0.1) is 5.92 Å². The van der Waals surface area contributed by atoms with Gasteiger partial charge in [0.2, 0.25) is 0 Å². The summed E-state index contributed by atoms with van der Waals surface area (Å²) in [6, 6.07) is 4.35. The fourth-order valence-corrected chi connectivity index (χ4v) is 4.50. The lowest BCUT2D eigenvalue weighted by Gasteiger charge is -2.27. The Balaban J connectivity index is 2.23. The second kappa shape index (κ2) is 5.79. The van der Waals surface area contributed by atoms with Gasteiger partial charge in [-0.3, -0.25) is 0 Å². The maximum atomic E-state index is 12.5. The average molecular weight is 320 g/mol.